The normalized spacial score (nSPS) is 12.1. The van der Waals surface area contributed by atoms with Gasteiger partial charge in [0.05, 0.1) is 5.69 Å². The van der Waals surface area contributed by atoms with E-state index in [2.05, 4.69) is 15.4 Å². The minimum atomic E-state index is -2.95. The minimum Gasteiger partial charge on any atom is -0.433 e. The van der Waals surface area contributed by atoms with Crippen molar-refractivity contribution in [2.24, 2.45) is 0 Å². The Hall–Kier alpha value is -1.89. The van der Waals surface area contributed by atoms with Gasteiger partial charge in [0.25, 0.3) is 0 Å². The van der Waals surface area contributed by atoms with E-state index in [0.717, 1.165) is 0 Å². The number of para-hydroxylation sites is 2. The van der Waals surface area contributed by atoms with E-state index < -0.39 is 12.6 Å². The van der Waals surface area contributed by atoms with Crippen molar-refractivity contribution in [1.82, 2.24) is 5.32 Å². The van der Waals surface area contributed by atoms with Gasteiger partial charge >= 0.3 is 12.6 Å². The van der Waals surface area contributed by atoms with Crippen LogP contribution < -0.4 is 15.4 Å². The molecule has 112 valence electrons. The molecule has 2 amide bonds. The van der Waals surface area contributed by atoms with Crippen molar-refractivity contribution in [2.75, 3.05) is 11.9 Å². The topological polar surface area (TPSA) is 70.6 Å². The average molecular weight is 288 g/mol. The first-order valence-electron chi connectivity index (χ1n) is 6.25. The zero-order valence-corrected chi connectivity index (χ0v) is 11.1. The molecule has 1 atom stereocenters. The molecule has 0 aliphatic heterocycles. The second kappa shape index (κ2) is 8.31. The fourth-order valence-corrected chi connectivity index (χ4v) is 1.62. The third kappa shape index (κ3) is 5.83. The molecule has 0 aliphatic carbocycles. The lowest BCUT2D eigenvalue weighted by Crippen LogP contribution is -2.36. The number of aliphatic hydroxyl groups is 1. The Morgan fingerprint density at radius 2 is 2.10 bits per heavy atom. The van der Waals surface area contributed by atoms with Gasteiger partial charge in [-0.05, 0) is 31.9 Å². The lowest BCUT2D eigenvalue weighted by molar-refractivity contribution is -0.0493. The molecule has 0 fully saturated rings. The van der Waals surface area contributed by atoms with Crippen LogP contribution in [0.4, 0.5) is 19.3 Å². The highest BCUT2D eigenvalue weighted by Gasteiger charge is 2.12. The van der Waals surface area contributed by atoms with Crippen LogP contribution >= 0.6 is 0 Å². The number of anilines is 1. The molecular formula is C13H18F2N2O3. The summed E-state index contributed by atoms with van der Waals surface area (Å²) in [6.07, 6.45) is 1.20. The third-order valence-electron chi connectivity index (χ3n) is 2.52. The molecule has 0 spiro atoms. The fourth-order valence-electron chi connectivity index (χ4n) is 1.62. The maximum absolute atomic E-state index is 12.2. The van der Waals surface area contributed by atoms with Crippen molar-refractivity contribution in [2.45, 2.75) is 32.4 Å². The van der Waals surface area contributed by atoms with Crippen molar-refractivity contribution >= 4 is 11.7 Å². The molecule has 1 unspecified atom stereocenters. The van der Waals surface area contributed by atoms with Crippen molar-refractivity contribution in [3.63, 3.8) is 0 Å². The zero-order chi connectivity index (χ0) is 15.0. The molecular weight excluding hydrogens is 270 g/mol. The van der Waals surface area contributed by atoms with Crippen molar-refractivity contribution in [1.29, 1.82) is 0 Å². The molecule has 20 heavy (non-hydrogen) atoms. The summed E-state index contributed by atoms with van der Waals surface area (Å²) in [6.45, 7) is -1.11. The van der Waals surface area contributed by atoms with Crippen molar-refractivity contribution < 1.29 is 23.4 Å². The van der Waals surface area contributed by atoms with Crippen LogP contribution in [0.1, 0.15) is 19.8 Å². The summed E-state index contributed by atoms with van der Waals surface area (Å²) in [4.78, 5) is 11.7. The monoisotopic (exact) mass is 288 g/mol. The van der Waals surface area contributed by atoms with Crippen LogP contribution in [0.5, 0.6) is 5.75 Å². The van der Waals surface area contributed by atoms with Gasteiger partial charge in [-0.2, -0.15) is 8.78 Å². The number of amides is 2. The van der Waals surface area contributed by atoms with E-state index in [1.54, 1.807) is 13.0 Å². The van der Waals surface area contributed by atoms with E-state index in [1.807, 2.05) is 0 Å². The van der Waals surface area contributed by atoms with Gasteiger partial charge in [-0.1, -0.05) is 12.1 Å². The largest absolute Gasteiger partial charge is 0.433 e. The molecule has 0 heterocycles. The summed E-state index contributed by atoms with van der Waals surface area (Å²) < 4.78 is 28.7. The second-order valence-electron chi connectivity index (χ2n) is 4.24. The van der Waals surface area contributed by atoms with E-state index >= 15 is 0 Å². The van der Waals surface area contributed by atoms with Gasteiger partial charge in [0.1, 0.15) is 5.75 Å². The summed E-state index contributed by atoms with van der Waals surface area (Å²) in [7, 11) is 0. The van der Waals surface area contributed by atoms with Crippen LogP contribution in [0, 0.1) is 0 Å². The first-order valence-corrected chi connectivity index (χ1v) is 6.25. The van der Waals surface area contributed by atoms with Crippen LogP contribution in [0.15, 0.2) is 24.3 Å². The van der Waals surface area contributed by atoms with Crippen LogP contribution in [0.3, 0.4) is 0 Å². The Morgan fingerprint density at radius 1 is 1.40 bits per heavy atom. The molecule has 0 aliphatic rings. The Morgan fingerprint density at radius 3 is 2.75 bits per heavy atom. The highest BCUT2D eigenvalue weighted by atomic mass is 19.3. The summed E-state index contributed by atoms with van der Waals surface area (Å²) in [5, 5.41) is 13.8. The standard InChI is InChI=1S/C13H18F2N2O3/c1-9(5-4-8-18)16-13(19)17-10-6-2-3-7-11(10)20-12(14)15/h2-3,6-7,9,12,18H,4-5,8H2,1H3,(H2,16,17,19). The maximum atomic E-state index is 12.2. The number of aliphatic hydroxyl groups excluding tert-OH is 1. The summed E-state index contributed by atoms with van der Waals surface area (Å²) in [5.41, 5.74) is 0.166. The number of benzene rings is 1. The molecule has 0 aromatic heterocycles. The van der Waals surface area contributed by atoms with E-state index in [1.165, 1.54) is 18.2 Å². The van der Waals surface area contributed by atoms with Crippen molar-refractivity contribution in [3.05, 3.63) is 24.3 Å². The van der Waals surface area contributed by atoms with Gasteiger partial charge in [-0.3, -0.25) is 0 Å². The number of hydrogen-bond donors (Lipinski definition) is 3. The Labute approximate surface area is 115 Å². The van der Waals surface area contributed by atoms with Gasteiger partial charge in [-0.25, -0.2) is 4.79 Å². The molecule has 1 aromatic rings. The van der Waals surface area contributed by atoms with Crippen LogP contribution in [-0.4, -0.2) is 30.4 Å². The maximum Gasteiger partial charge on any atom is 0.387 e. The smallest absolute Gasteiger partial charge is 0.387 e. The number of rotatable bonds is 7. The Balaban J connectivity index is 2.57. The van der Waals surface area contributed by atoms with Crippen LogP contribution in [-0.2, 0) is 0 Å². The molecule has 7 heteroatoms. The predicted octanol–water partition coefficient (Wildman–Crippen LogP) is 2.57. The van der Waals surface area contributed by atoms with Gasteiger partial charge in [0, 0.05) is 12.6 Å². The van der Waals surface area contributed by atoms with Crippen LogP contribution in [0.2, 0.25) is 0 Å². The molecule has 0 saturated heterocycles. The molecule has 0 saturated carbocycles. The second-order valence-corrected chi connectivity index (χ2v) is 4.24. The first kappa shape index (κ1) is 16.2. The zero-order valence-electron chi connectivity index (χ0n) is 11.1. The number of nitrogens with one attached hydrogen (secondary N) is 2. The molecule has 1 aromatic carbocycles. The molecule has 5 nitrogen and oxygen atoms in total. The highest BCUT2D eigenvalue weighted by molar-refractivity contribution is 5.91. The summed E-state index contributed by atoms with van der Waals surface area (Å²) >= 11 is 0. The van der Waals surface area contributed by atoms with E-state index in [9.17, 15) is 13.6 Å². The molecule has 3 N–H and O–H groups in total. The van der Waals surface area contributed by atoms with E-state index in [-0.39, 0.29) is 24.1 Å². The van der Waals surface area contributed by atoms with Crippen LogP contribution in [0.25, 0.3) is 0 Å². The fraction of sp³-hybridized carbons (Fsp3) is 0.462. The first-order chi connectivity index (χ1) is 9.52. The Kier molecular flexibility index (Phi) is 6.72. The highest BCUT2D eigenvalue weighted by Crippen LogP contribution is 2.25. The quantitative estimate of drug-likeness (QED) is 0.722. The summed E-state index contributed by atoms with van der Waals surface area (Å²) in [5.74, 6) is -0.0966. The van der Waals surface area contributed by atoms with Gasteiger partial charge < -0.3 is 20.5 Å². The van der Waals surface area contributed by atoms with E-state index in [4.69, 9.17) is 5.11 Å². The summed E-state index contributed by atoms with van der Waals surface area (Å²) in [6, 6.07) is 5.30. The lowest BCUT2D eigenvalue weighted by Gasteiger charge is -2.15. The third-order valence-corrected chi connectivity index (χ3v) is 2.52. The number of alkyl halides is 2. The SMILES string of the molecule is CC(CCCO)NC(=O)Nc1ccccc1OC(F)F. The Bertz CT molecular complexity index is 430. The molecule has 0 radical (unpaired) electrons. The number of carbonyl (C=O) groups excluding carboxylic acids is 1. The number of hydrogen-bond acceptors (Lipinski definition) is 3. The lowest BCUT2D eigenvalue weighted by atomic mass is 10.2. The predicted molar refractivity (Wildman–Crippen MR) is 71.0 cm³/mol. The number of halogens is 2. The number of carbonyl (C=O) groups is 1. The molecule has 1 rings (SSSR count). The average Bonchev–Trinajstić information content (AvgIpc) is 2.38. The minimum absolute atomic E-state index is 0.0543. The van der Waals surface area contributed by atoms with Gasteiger partial charge in [0.15, 0.2) is 0 Å². The number of urea groups is 1. The van der Waals surface area contributed by atoms with Crippen molar-refractivity contribution in [3.8, 4) is 5.75 Å². The number of ether oxygens (including phenoxy) is 1. The molecule has 0 bridgehead atoms. The van der Waals surface area contributed by atoms with Gasteiger partial charge in [0.2, 0.25) is 0 Å². The van der Waals surface area contributed by atoms with E-state index in [0.29, 0.717) is 12.8 Å². The van der Waals surface area contributed by atoms with Gasteiger partial charge in [-0.15, -0.1) is 0 Å².